The average molecular weight is 488 g/mol. The second kappa shape index (κ2) is 10.5. The quantitative estimate of drug-likeness (QED) is 0.330. The molecule has 4 rings (SSSR count). The lowest BCUT2D eigenvalue weighted by molar-refractivity contribution is -0.116. The van der Waals surface area contributed by atoms with Crippen LogP contribution in [0.4, 0.5) is 16.5 Å². The normalized spacial score (nSPS) is 10.7. The predicted molar refractivity (Wildman–Crippen MR) is 138 cm³/mol. The van der Waals surface area contributed by atoms with E-state index in [0.717, 1.165) is 22.9 Å². The fraction of sp³-hybridized carbons (Fsp3) is 0.185. The molecule has 0 aliphatic rings. The van der Waals surface area contributed by atoms with Gasteiger partial charge in [0.1, 0.15) is 6.61 Å². The lowest BCUT2D eigenvalue weighted by Gasteiger charge is -2.18. The molecule has 1 heterocycles. The Morgan fingerprint density at radius 2 is 1.69 bits per heavy atom. The van der Waals surface area contributed by atoms with Gasteiger partial charge in [0.05, 0.1) is 22.6 Å². The van der Waals surface area contributed by atoms with Crippen LogP contribution < -0.4 is 10.2 Å². The lowest BCUT2D eigenvalue weighted by atomic mass is 10.0. The van der Waals surface area contributed by atoms with Crippen molar-refractivity contribution in [1.29, 1.82) is 0 Å². The number of nitrogens with one attached hydrogen (secondary N) is 1. The van der Waals surface area contributed by atoms with Crippen LogP contribution in [-0.2, 0) is 27.4 Å². The summed E-state index contributed by atoms with van der Waals surface area (Å²) >= 11 is 1.30. The number of nitrogens with zero attached hydrogens (tertiary/aromatic N) is 2. The van der Waals surface area contributed by atoms with Crippen molar-refractivity contribution < 1.29 is 19.1 Å². The molecule has 0 fully saturated rings. The zero-order valence-corrected chi connectivity index (χ0v) is 20.5. The number of carbonyl (C=O) groups is 3. The fourth-order valence-corrected chi connectivity index (χ4v) is 4.56. The number of rotatable bonds is 7. The highest BCUT2D eigenvalue weighted by molar-refractivity contribution is 7.14. The molecular weight excluding hydrogens is 462 g/mol. The Balaban J connectivity index is 1.53. The predicted octanol–water partition coefficient (Wildman–Crippen LogP) is 5.86. The van der Waals surface area contributed by atoms with Gasteiger partial charge in [-0.2, -0.15) is 0 Å². The molecule has 0 aliphatic heterocycles. The number of benzene rings is 3. The molecule has 2 amide bonds. The van der Waals surface area contributed by atoms with E-state index in [1.165, 1.54) is 35.6 Å². The Hall–Kier alpha value is -4.04. The largest absolute Gasteiger partial charge is 0.455 e. The van der Waals surface area contributed by atoms with E-state index in [4.69, 9.17) is 4.74 Å². The van der Waals surface area contributed by atoms with E-state index < -0.39 is 5.97 Å². The Bertz CT molecular complexity index is 1400. The number of ether oxygens (including phenoxy) is 1. The van der Waals surface area contributed by atoms with E-state index in [0.29, 0.717) is 16.5 Å². The van der Waals surface area contributed by atoms with Crippen molar-refractivity contribution in [2.45, 2.75) is 33.8 Å². The molecule has 35 heavy (non-hydrogen) atoms. The van der Waals surface area contributed by atoms with Crippen molar-refractivity contribution in [3.8, 4) is 0 Å². The van der Waals surface area contributed by atoms with Crippen LogP contribution in [0.2, 0.25) is 0 Å². The Kier molecular flexibility index (Phi) is 7.22. The van der Waals surface area contributed by atoms with Crippen LogP contribution >= 0.6 is 11.3 Å². The number of aryl methyl sites for hydroxylation is 1. The molecule has 0 saturated heterocycles. The molecule has 0 unspecified atom stereocenters. The number of hydrogen-bond donors (Lipinski definition) is 1. The van der Waals surface area contributed by atoms with Gasteiger partial charge in [-0.3, -0.25) is 14.5 Å². The first-order chi connectivity index (χ1) is 16.9. The van der Waals surface area contributed by atoms with Gasteiger partial charge < -0.3 is 10.1 Å². The van der Waals surface area contributed by atoms with Crippen LogP contribution in [0.15, 0.2) is 66.0 Å². The van der Waals surface area contributed by atoms with Gasteiger partial charge in [0, 0.05) is 19.2 Å². The molecule has 4 aromatic rings. The first-order valence-corrected chi connectivity index (χ1v) is 12.0. The minimum Gasteiger partial charge on any atom is -0.455 e. The zero-order chi connectivity index (χ0) is 24.9. The van der Waals surface area contributed by atoms with Crippen LogP contribution in [0.5, 0.6) is 0 Å². The number of thiazole rings is 1. The SMILES string of the molecule is CCc1ccc(N(C(C)=O)c2nc(COC(=O)c3cc4ccccc4cc3NC(C)=O)cs2)cc1. The highest BCUT2D eigenvalue weighted by Gasteiger charge is 2.20. The molecule has 0 saturated carbocycles. The maximum Gasteiger partial charge on any atom is 0.340 e. The van der Waals surface area contributed by atoms with E-state index >= 15 is 0 Å². The van der Waals surface area contributed by atoms with E-state index in [1.54, 1.807) is 17.5 Å². The Morgan fingerprint density at radius 3 is 2.31 bits per heavy atom. The van der Waals surface area contributed by atoms with Crippen molar-refractivity contribution in [1.82, 2.24) is 4.98 Å². The van der Waals surface area contributed by atoms with Crippen LogP contribution in [0.25, 0.3) is 10.8 Å². The van der Waals surface area contributed by atoms with Gasteiger partial charge in [-0.05, 0) is 47.0 Å². The molecule has 8 heteroatoms. The summed E-state index contributed by atoms with van der Waals surface area (Å²) in [5.74, 6) is -1.02. The zero-order valence-electron chi connectivity index (χ0n) is 19.7. The highest BCUT2D eigenvalue weighted by atomic mass is 32.1. The monoisotopic (exact) mass is 487 g/mol. The number of anilines is 3. The molecule has 7 nitrogen and oxygen atoms in total. The first-order valence-electron chi connectivity index (χ1n) is 11.2. The summed E-state index contributed by atoms with van der Waals surface area (Å²) in [4.78, 5) is 43.0. The van der Waals surface area contributed by atoms with Gasteiger partial charge in [0.2, 0.25) is 11.8 Å². The Morgan fingerprint density at radius 1 is 1.00 bits per heavy atom. The second-order valence-electron chi connectivity index (χ2n) is 8.00. The van der Waals surface area contributed by atoms with Gasteiger partial charge in [0.15, 0.2) is 5.13 Å². The first kappa shape index (κ1) is 24.1. The van der Waals surface area contributed by atoms with Crippen LogP contribution in [0.3, 0.4) is 0 Å². The molecule has 0 bridgehead atoms. The van der Waals surface area contributed by atoms with Crippen LogP contribution in [-0.4, -0.2) is 22.8 Å². The van der Waals surface area contributed by atoms with Gasteiger partial charge >= 0.3 is 5.97 Å². The Labute approximate surface area is 207 Å². The van der Waals surface area contributed by atoms with Crippen molar-refractivity contribution in [2.24, 2.45) is 0 Å². The third-order valence-corrected chi connectivity index (χ3v) is 6.29. The number of fused-ring (bicyclic) bond motifs is 1. The smallest absolute Gasteiger partial charge is 0.340 e. The molecule has 0 spiro atoms. The number of aromatic nitrogens is 1. The lowest BCUT2D eigenvalue weighted by Crippen LogP contribution is -2.22. The number of esters is 1. The number of carbonyl (C=O) groups excluding carboxylic acids is 3. The summed E-state index contributed by atoms with van der Waals surface area (Å²) in [6, 6.07) is 18.8. The summed E-state index contributed by atoms with van der Waals surface area (Å²) in [6.07, 6.45) is 0.911. The third-order valence-electron chi connectivity index (χ3n) is 5.42. The van der Waals surface area contributed by atoms with Gasteiger partial charge in [-0.1, -0.05) is 43.3 Å². The minimum absolute atomic E-state index is 0.0673. The van der Waals surface area contributed by atoms with Crippen LogP contribution in [0, 0.1) is 0 Å². The maximum absolute atomic E-state index is 12.9. The fourth-order valence-electron chi connectivity index (χ4n) is 3.69. The molecular formula is C27H25N3O4S. The van der Waals surface area contributed by atoms with Crippen molar-refractivity contribution in [3.05, 3.63) is 82.9 Å². The molecule has 3 aromatic carbocycles. The third kappa shape index (κ3) is 5.55. The summed E-state index contributed by atoms with van der Waals surface area (Å²) in [5.41, 5.74) is 3.07. The second-order valence-corrected chi connectivity index (χ2v) is 8.83. The summed E-state index contributed by atoms with van der Waals surface area (Å²) in [6.45, 7) is 4.88. The number of hydrogen-bond acceptors (Lipinski definition) is 6. The minimum atomic E-state index is -0.576. The molecule has 0 radical (unpaired) electrons. The number of amides is 2. The summed E-state index contributed by atoms with van der Waals surface area (Å²) < 4.78 is 5.53. The molecule has 178 valence electrons. The summed E-state index contributed by atoms with van der Waals surface area (Å²) in [5, 5.41) is 6.71. The van der Waals surface area contributed by atoms with Gasteiger partial charge in [-0.25, -0.2) is 9.78 Å². The van der Waals surface area contributed by atoms with E-state index in [-0.39, 0.29) is 24.0 Å². The van der Waals surface area contributed by atoms with Gasteiger partial charge in [0.25, 0.3) is 0 Å². The topological polar surface area (TPSA) is 88.6 Å². The van der Waals surface area contributed by atoms with Crippen molar-refractivity contribution >= 4 is 56.4 Å². The maximum atomic E-state index is 12.9. The van der Waals surface area contributed by atoms with E-state index in [1.807, 2.05) is 48.5 Å². The standard InChI is InChI=1S/C27H25N3O4S/c1-4-19-9-11-23(12-10-19)30(18(3)32)27-29-22(16-35-27)15-34-26(33)24-13-20-7-5-6-8-21(20)14-25(24)28-17(2)31/h5-14,16H,4,15H2,1-3H3,(H,28,31). The molecule has 1 aromatic heterocycles. The van der Waals surface area contributed by atoms with Gasteiger partial charge in [-0.15, -0.1) is 11.3 Å². The summed E-state index contributed by atoms with van der Waals surface area (Å²) in [7, 11) is 0. The molecule has 0 atom stereocenters. The van der Waals surface area contributed by atoms with Crippen LogP contribution in [0.1, 0.15) is 42.4 Å². The van der Waals surface area contributed by atoms with E-state index in [2.05, 4.69) is 17.2 Å². The highest BCUT2D eigenvalue weighted by Crippen LogP contribution is 2.30. The molecule has 0 aliphatic carbocycles. The molecule has 1 N–H and O–H groups in total. The van der Waals surface area contributed by atoms with E-state index in [9.17, 15) is 14.4 Å². The van der Waals surface area contributed by atoms with Crippen molar-refractivity contribution in [2.75, 3.05) is 10.2 Å². The van der Waals surface area contributed by atoms with Crippen molar-refractivity contribution in [3.63, 3.8) is 0 Å². The average Bonchev–Trinajstić information content (AvgIpc) is 3.30.